The molecule has 2 amide bonds. The number of carbonyl (C=O) groups excluding carboxylic acids is 4. The molecular weight excluding hydrogens is 779 g/mol. The summed E-state index contributed by atoms with van der Waals surface area (Å²) in [5, 5.41) is 1.31. The number of Topliss-reactive ketones (excluding diaryl/α,β-unsaturated/α-hetero) is 1. The maximum absolute atomic E-state index is 15.0. The molecule has 0 unspecified atom stereocenters. The van der Waals surface area contributed by atoms with Crippen LogP contribution >= 0.6 is 0 Å². The normalized spacial score (nSPS) is 29.0. The topological polar surface area (TPSA) is 177 Å². The molecule has 1 aromatic carbocycles. The molecule has 4 aliphatic rings. The van der Waals surface area contributed by atoms with Crippen LogP contribution in [0.1, 0.15) is 99.3 Å². The van der Waals surface area contributed by atoms with Crippen molar-refractivity contribution >= 4 is 44.4 Å². The van der Waals surface area contributed by atoms with Crippen molar-refractivity contribution < 1.29 is 51.3 Å². The SMILES string of the molecule is COCCOc1cnc(O[C@@H]2C[C@H]3C(=O)C[C@]4(C(=O)NS(=O)(=O)C5(C)CC5)C[C@H]4/C=C\CC[C@@H](C)C[C@@H](C)[C@H](CC(=O)OC(C)(C)C)C(=O)N3C2)c2ccc(OC)cc12. The summed E-state index contributed by atoms with van der Waals surface area (Å²) in [5.74, 6) is -1.77. The summed E-state index contributed by atoms with van der Waals surface area (Å²) in [7, 11) is -0.821. The molecule has 1 N–H and O–H groups in total. The van der Waals surface area contributed by atoms with Crippen LogP contribution in [0, 0.1) is 29.1 Å². The van der Waals surface area contributed by atoms with Gasteiger partial charge in [0.15, 0.2) is 5.78 Å². The van der Waals surface area contributed by atoms with E-state index in [0.29, 0.717) is 61.0 Å². The molecule has 3 fully saturated rings. The van der Waals surface area contributed by atoms with E-state index in [0.717, 1.165) is 6.42 Å². The fourth-order valence-electron chi connectivity index (χ4n) is 8.55. The first-order valence-corrected chi connectivity index (χ1v) is 22.3. The third kappa shape index (κ3) is 10.0. The fraction of sp³-hybridized carbons (Fsp3) is 0.659. The van der Waals surface area contributed by atoms with Gasteiger partial charge in [0.2, 0.25) is 27.7 Å². The quantitative estimate of drug-likeness (QED) is 0.151. The molecule has 2 aliphatic carbocycles. The second kappa shape index (κ2) is 17.4. The van der Waals surface area contributed by atoms with E-state index in [-0.39, 0.29) is 67.7 Å². The molecule has 2 aliphatic heterocycles. The number of methoxy groups -OCH3 is 2. The lowest BCUT2D eigenvalue weighted by molar-refractivity contribution is -0.160. The van der Waals surface area contributed by atoms with E-state index >= 15 is 0 Å². The zero-order chi connectivity index (χ0) is 42.9. The van der Waals surface area contributed by atoms with Crippen molar-refractivity contribution in [2.75, 3.05) is 34.0 Å². The number of rotatable bonds is 12. The molecule has 59 heavy (non-hydrogen) atoms. The summed E-state index contributed by atoms with van der Waals surface area (Å²) in [6.45, 7) is 11.7. The number of benzene rings is 1. The molecule has 7 atom stereocenters. The highest BCUT2D eigenvalue weighted by atomic mass is 32.2. The Bertz CT molecular complexity index is 2060. The highest BCUT2D eigenvalue weighted by molar-refractivity contribution is 7.91. The Morgan fingerprint density at radius 2 is 1.80 bits per heavy atom. The summed E-state index contributed by atoms with van der Waals surface area (Å²) in [5.41, 5.74) is -2.05. The number of nitrogens with one attached hydrogen (secondary N) is 1. The van der Waals surface area contributed by atoms with Crippen molar-refractivity contribution in [1.29, 1.82) is 0 Å². The third-order valence-corrected chi connectivity index (χ3v) is 14.6. The Morgan fingerprint density at radius 3 is 2.47 bits per heavy atom. The minimum absolute atomic E-state index is 0.0169. The van der Waals surface area contributed by atoms with Gasteiger partial charge < -0.3 is 28.6 Å². The zero-order valence-electron chi connectivity index (χ0n) is 35.7. The first-order chi connectivity index (χ1) is 27.8. The van der Waals surface area contributed by atoms with E-state index < -0.39 is 55.7 Å². The van der Waals surface area contributed by atoms with Crippen molar-refractivity contribution in [3.63, 3.8) is 0 Å². The van der Waals surface area contributed by atoms with Crippen LogP contribution in [0.3, 0.4) is 0 Å². The molecular formula is C44H61N3O11S. The molecule has 6 rings (SSSR count). The number of fused-ring (bicyclic) bond motifs is 3. The maximum atomic E-state index is 15.0. The van der Waals surface area contributed by atoms with Crippen LogP contribution in [0.15, 0.2) is 36.5 Å². The molecule has 0 bridgehead atoms. The molecule has 0 radical (unpaired) electrons. The lowest BCUT2D eigenvalue weighted by atomic mass is 9.82. The van der Waals surface area contributed by atoms with Gasteiger partial charge in [-0.1, -0.05) is 26.0 Å². The van der Waals surface area contributed by atoms with E-state index in [2.05, 4.69) is 16.6 Å². The number of hydrogen-bond donors (Lipinski definition) is 1. The van der Waals surface area contributed by atoms with E-state index in [9.17, 15) is 27.6 Å². The molecule has 15 heteroatoms. The standard InChI is InChI=1S/C44H61N3O11S/c1-27-11-9-10-12-29-23-44(29,41(51)46-59(52,53)43(6)15-16-43)24-36(48)35-21-31(26-47(35)40(50)33(28(2)19-27)22-38(49)58-42(3,4)5)57-39-32-14-13-30(55-8)20-34(32)37(25-45-39)56-18-17-54-7/h10,12-14,20,25,27-29,31,33,35H,9,11,15-19,21-24,26H2,1-8H3,(H,46,51)/b12-10-/t27-,28-,29-,31-,33+,35+,44-/m1/s1. The third-order valence-electron chi connectivity index (χ3n) is 12.4. The average Bonchev–Trinajstić information content (AvgIpc) is 4.05. The van der Waals surface area contributed by atoms with E-state index in [1.807, 2.05) is 31.2 Å². The first-order valence-electron chi connectivity index (χ1n) is 20.8. The monoisotopic (exact) mass is 839 g/mol. The Hall–Kier alpha value is -4.24. The van der Waals surface area contributed by atoms with Crippen LogP contribution in [-0.2, 0) is 38.7 Å². The van der Waals surface area contributed by atoms with Gasteiger partial charge in [-0.2, -0.15) is 0 Å². The van der Waals surface area contributed by atoms with Crippen molar-refractivity contribution in [3.8, 4) is 17.4 Å². The number of esters is 1. The summed E-state index contributed by atoms with van der Waals surface area (Å²) in [6, 6.07) is 4.39. The highest BCUT2D eigenvalue weighted by Gasteiger charge is 2.62. The molecule has 2 aromatic rings. The number of ether oxygens (including phenoxy) is 5. The number of ketones is 1. The fourth-order valence-corrected chi connectivity index (χ4v) is 9.88. The van der Waals surface area contributed by atoms with Gasteiger partial charge >= 0.3 is 5.97 Å². The van der Waals surface area contributed by atoms with Crippen LogP contribution in [0.25, 0.3) is 10.8 Å². The number of aromatic nitrogens is 1. The van der Waals surface area contributed by atoms with Crippen molar-refractivity contribution in [1.82, 2.24) is 14.6 Å². The number of hydrogen-bond acceptors (Lipinski definition) is 12. The Morgan fingerprint density at radius 1 is 1.05 bits per heavy atom. The summed E-state index contributed by atoms with van der Waals surface area (Å²) >= 11 is 0. The Kier molecular flexibility index (Phi) is 13.1. The van der Waals surface area contributed by atoms with E-state index in [4.69, 9.17) is 23.7 Å². The number of sulfonamides is 1. The van der Waals surface area contributed by atoms with E-state index in [1.165, 1.54) is 4.90 Å². The van der Waals surface area contributed by atoms with Gasteiger partial charge in [0, 0.05) is 30.7 Å². The second-order valence-corrected chi connectivity index (χ2v) is 20.6. The van der Waals surface area contributed by atoms with Crippen molar-refractivity contribution in [2.45, 2.75) is 122 Å². The molecule has 2 saturated carbocycles. The molecule has 3 heterocycles. The number of amides is 2. The van der Waals surface area contributed by atoms with Crippen LogP contribution in [0.4, 0.5) is 0 Å². The van der Waals surface area contributed by atoms with Crippen LogP contribution in [-0.4, -0.2) is 98.3 Å². The van der Waals surface area contributed by atoms with Gasteiger partial charge in [-0.25, -0.2) is 13.4 Å². The molecule has 1 saturated heterocycles. The highest BCUT2D eigenvalue weighted by Crippen LogP contribution is 2.58. The van der Waals surface area contributed by atoms with Gasteiger partial charge in [0.1, 0.15) is 29.8 Å². The van der Waals surface area contributed by atoms with Gasteiger partial charge in [0.25, 0.3) is 0 Å². The van der Waals surface area contributed by atoms with Gasteiger partial charge in [-0.3, -0.25) is 23.9 Å². The van der Waals surface area contributed by atoms with E-state index in [1.54, 1.807) is 54.2 Å². The number of pyridine rings is 1. The number of allylic oxidation sites excluding steroid dienone is 2. The van der Waals surface area contributed by atoms with Crippen LogP contribution < -0.4 is 18.9 Å². The smallest absolute Gasteiger partial charge is 0.307 e. The minimum atomic E-state index is -3.97. The lowest BCUT2D eigenvalue weighted by Gasteiger charge is -2.32. The zero-order valence-corrected chi connectivity index (χ0v) is 36.5. The van der Waals surface area contributed by atoms with Crippen molar-refractivity contribution in [3.05, 3.63) is 36.5 Å². The molecule has 324 valence electrons. The summed E-state index contributed by atoms with van der Waals surface area (Å²) in [4.78, 5) is 63.3. The van der Waals surface area contributed by atoms with Crippen molar-refractivity contribution in [2.24, 2.45) is 29.1 Å². The maximum Gasteiger partial charge on any atom is 0.307 e. The first kappa shape index (κ1) is 44.3. The van der Waals surface area contributed by atoms with Gasteiger partial charge in [0.05, 0.1) is 55.0 Å². The predicted octanol–water partition coefficient (Wildman–Crippen LogP) is 5.94. The molecule has 14 nitrogen and oxygen atoms in total. The molecule has 1 aromatic heterocycles. The van der Waals surface area contributed by atoms with Crippen LogP contribution in [0.5, 0.6) is 17.4 Å². The van der Waals surface area contributed by atoms with Gasteiger partial charge in [-0.05, 0) is 102 Å². The Labute approximate surface area is 348 Å². The molecule has 0 spiro atoms. The van der Waals surface area contributed by atoms with Crippen LogP contribution in [0.2, 0.25) is 0 Å². The number of nitrogens with zero attached hydrogens (tertiary/aromatic N) is 2. The van der Waals surface area contributed by atoms with Gasteiger partial charge in [-0.15, -0.1) is 0 Å². The summed E-state index contributed by atoms with van der Waals surface area (Å²) in [6.07, 6.45) is 7.84. The largest absolute Gasteiger partial charge is 0.497 e. The lowest BCUT2D eigenvalue weighted by Crippen LogP contribution is -2.48. The predicted molar refractivity (Wildman–Crippen MR) is 220 cm³/mol. The average molecular weight is 840 g/mol. The number of carbonyl (C=O) groups is 4. The second-order valence-electron chi connectivity index (χ2n) is 18.4. The minimum Gasteiger partial charge on any atom is -0.497 e. The Balaban J connectivity index is 1.35. The summed E-state index contributed by atoms with van der Waals surface area (Å²) < 4.78 is 56.8.